The molecule has 88 valence electrons. The average molecular weight is 238 g/mol. The van der Waals surface area contributed by atoms with Crippen LogP contribution >= 0.6 is 11.8 Å². The summed E-state index contributed by atoms with van der Waals surface area (Å²) in [7, 11) is 0. The van der Waals surface area contributed by atoms with Crippen molar-refractivity contribution in [2.45, 2.75) is 32.7 Å². The van der Waals surface area contributed by atoms with Crippen LogP contribution in [-0.2, 0) is 11.2 Å². The molecule has 1 aromatic rings. The molecule has 1 fully saturated rings. The van der Waals surface area contributed by atoms with Gasteiger partial charge in [-0.3, -0.25) is 9.48 Å². The molecular weight excluding hydrogens is 220 g/mol. The van der Waals surface area contributed by atoms with Crippen LogP contribution < -0.4 is 0 Å². The number of hydrogen-bond donors (Lipinski definition) is 0. The molecule has 1 aromatic heterocycles. The molecule has 0 amide bonds. The van der Waals surface area contributed by atoms with Crippen molar-refractivity contribution in [3.05, 3.63) is 18.0 Å². The number of thioether (sulfide) groups is 1. The molecule has 0 aromatic carbocycles. The van der Waals surface area contributed by atoms with E-state index in [0.717, 1.165) is 24.3 Å². The Morgan fingerprint density at radius 1 is 1.69 bits per heavy atom. The van der Waals surface area contributed by atoms with E-state index in [-0.39, 0.29) is 5.92 Å². The zero-order valence-electron chi connectivity index (χ0n) is 9.85. The van der Waals surface area contributed by atoms with E-state index in [9.17, 15) is 4.79 Å². The van der Waals surface area contributed by atoms with Crippen LogP contribution in [0.3, 0.4) is 0 Å². The summed E-state index contributed by atoms with van der Waals surface area (Å²) in [6.45, 7) is 4.32. The maximum absolute atomic E-state index is 11.5. The van der Waals surface area contributed by atoms with E-state index >= 15 is 0 Å². The minimum atomic E-state index is 0.199. The van der Waals surface area contributed by atoms with Gasteiger partial charge in [0.2, 0.25) is 0 Å². The molecule has 2 unspecified atom stereocenters. The molecule has 0 aliphatic carbocycles. The Labute approximate surface area is 101 Å². The van der Waals surface area contributed by atoms with Gasteiger partial charge in [-0.15, -0.1) is 0 Å². The van der Waals surface area contributed by atoms with Crippen LogP contribution in [0.25, 0.3) is 0 Å². The lowest BCUT2D eigenvalue weighted by Crippen LogP contribution is -2.14. The average Bonchev–Trinajstić information content (AvgIpc) is 2.89. The summed E-state index contributed by atoms with van der Waals surface area (Å²) in [6.07, 6.45) is 3.92. The normalized spacial score (nSPS) is 22.6. The highest BCUT2D eigenvalue weighted by atomic mass is 32.2. The predicted molar refractivity (Wildman–Crippen MR) is 66.8 cm³/mol. The van der Waals surface area contributed by atoms with E-state index in [1.54, 1.807) is 11.8 Å². The van der Waals surface area contributed by atoms with Crippen LogP contribution in [0, 0.1) is 5.92 Å². The van der Waals surface area contributed by atoms with Crippen molar-refractivity contribution < 1.29 is 4.79 Å². The van der Waals surface area contributed by atoms with Crippen LogP contribution in [0.2, 0.25) is 0 Å². The number of hydrogen-bond acceptors (Lipinski definition) is 3. The van der Waals surface area contributed by atoms with Crippen molar-refractivity contribution in [3.63, 3.8) is 0 Å². The Morgan fingerprint density at radius 3 is 3.12 bits per heavy atom. The smallest absolute Gasteiger partial charge is 0.147 e. The number of nitrogens with zero attached hydrogens (tertiary/aromatic N) is 2. The van der Waals surface area contributed by atoms with Gasteiger partial charge in [-0.05, 0) is 19.4 Å². The molecule has 1 saturated heterocycles. The molecule has 1 aliphatic heterocycles. The SMILES string of the molecule is CCC(C)n1ccc(CC2CSCC2=O)n1. The van der Waals surface area contributed by atoms with Crippen LogP contribution in [0.15, 0.2) is 12.3 Å². The van der Waals surface area contributed by atoms with Gasteiger partial charge in [0.05, 0.1) is 11.4 Å². The second-order valence-electron chi connectivity index (χ2n) is 4.43. The summed E-state index contributed by atoms with van der Waals surface area (Å²) in [5.74, 6) is 2.25. The molecule has 1 aliphatic rings. The van der Waals surface area contributed by atoms with Gasteiger partial charge in [0.25, 0.3) is 0 Å². The Balaban J connectivity index is 1.99. The number of carbonyl (C=O) groups excluding carboxylic acids is 1. The Hall–Kier alpha value is -0.770. The molecule has 2 rings (SSSR count). The van der Waals surface area contributed by atoms with Gasteiger partial charge >= 0.3 is 0 Å². The maximum atomic E-state index is 11.5. The van der Waals surface area contributed by atoms with Gasteiger partial charge in [-0.1, -0.05) is 6.92 Å². The van der Waals surface area contributed by atoms with Gasteiger partial charge in [-0.2, -0.15) is 16.9 Å². The third-order valence-corrected chi connectivity index (χ3v) is 4.31. The second kappa shape index (κ2) is 5.04. The van der Waals surface area contributed by atoms with Crippen LogP contribution in [0.5, 0.6) is 0 Å². The predicted octanol–water partition coefficient (Wildman–Crippen LogP) is 2.33. The fourth-order valence-corrected chi connectivity index (χ4v) is 3.00. The van der Waals surface area contributed by atoms with Crippen molar-refractivity contribution in [2.24, 2.45) is 5.92 Å². The topological polar surface area (TPSA) is 34.9 Å². The summed E-state index contributed by atoms with van der Waals surface area (Å²) < 4.78 is 2.00. The highest BCUT2D eigenvalue weighted by molar-refractivity contribution is 8.00. The van der Waals surface area contributed by atoms with Crippen molar-refractivity contribution >= 4 is 17.5 Å². The number of aromatic nitrogens is 2. The summed E-state index contributed by atoms with van der Waals surface area (Å²) in [6, 6.07) is 2.49. The molecule has 0 bridgehead atoms. The number of ketones is 1. The molecule has 0 N–H and O–H groups in total. The lowest BCUT2D eigenvalue weighted by molar-refractivity contribution is -0.119. The molecule has 3 nitrogen and oxygen atoms in total. The Kier molecular flexibility index (Phi) is 3.69. The zero-order valence-corrected chi connectivity index (χ0v) is 10.7. The monoisotopic (exact) mass is 238 g/mol. The molecule has 2 atom stereocenters. The van der Waals surface area contributed by atoms with Crippen molar-refractivity contribution in [1.82, 2.24) is 9.78 Å². The van der Waals surface area contributed by atoms with E-state index in [0.29, 0.717) is 17.6 Å². The Morgan fingerprint density at radius 2 is 2.50 bits per heavy atom. The second-order valence-corrected chi connectivity index (χ2v) is 5.46. The summed E-state index contributed by atoms with van der Waals surface area (Å²) in [4.78, 5) is 11.5. The first-order valence-corrected chi connectivity index (χ1v) is 7.00. The van der Waals surface area contributed by atoms with E-state index in [2.05, 4.69) is 18.9 Å². The lowest BCUT2D eigenvalue weighted by atomic mass is 10.0. The highest BCUT2D eigenvalue weighted by Crippen LogP contribution is 2.23. The van der Waals surface area contributed by atoms with Gasteiger partial charge in [0.15, 0.2) is 0 Å². The van der Waals surface area contributed by atoms with Crippen molar-refractivity contribution in [3.8, 4) is 0 Å². The van der Waals surface area contributed by atoms with Crippen LogP contribution in [0.1, 0.15) is 32.0 Å². The van der Waals surface area contributed by atoms with Crippen molar-refractivity contribution in [2.75, 3.05) is 11.5 Å². The largest absolute Gasteiger partial charge is 0.298 e. The van der Waals surface area contributed by atoms with Gasteiger partial charge in [0.1, 0.15) is 5.78 Å². The third kappa shape index (κ3) is 2.48. The number of carbonyl (C=O) groups is 1. The van der Waals surface area contributed by atoms with E-state index in [1.807, 2.05) is 16.9 Å². The molecule has 2 heterocycles. The van der Waals surface area contributed by atoms with E-state index in [4.69, 9.17) is 0 Å². The summed E-state index contributed by atoms with van der Waals surface area (Å²) in [5.41, 5.74) is 1.06. The fraction of sp³-hybridized carbons (Fsp3) is 0.667. The molecule has 16 heavy (non-hydrogen) atoms. The summed E-state index contributed by atoms with van der Waals surface area (Å²) >= 11 is 1.74. The Bertz CT molecular complexity index is 375. The van der Waals surface area contributed by atoms with Gasteiger partial charge in [-0.25, -0.2) is 0 Å². The fourth-order valence-electron chi connectivity index (χ4n) is 1.86. The summed E-state index contributed by atoms with van der Waals surface area (Å²) in [5, 5.41) is 4.53. The first kappa shape index (κ1) is 11.7. The zero-order chi connectivity index (χ0) is 11.5. The molecule has 0 radical (unpaired) electrons. The van der Waals surface area contributed by atoms with E-state index in [1.165, 1.54) is 0 Å². The van der Waals surface area contributed by atoms with Crippen molar-refractivity contribution in [1.29, 1.82) is 0 Å². The standard InChI is InChI=1S/C12H18N2OS/c1-3-9(2)14-5-4-11(13-14)6-10-7-16-8-12(10)15/h4-5,9-10H,3,6-8H2,1-2H3. The first-order valence-electron chi connectivity index (χ1n) is 5.85. The van der Waals surface area contributed by atoms with Crippen LogP contribution in [0.4, 0.5) is 0 Å². The maximum Gasteiger partial charge on any atom is 0.147 e. The van der Waals surface area contributed by atoms with E-state index < -0.39 is 0 Å². The van der Waals surface area contributed by atoms with Gasteiger partial charge < -0.3 is 0 Å². The van der Waals surface area contributed by atoms with Gasteiger partial charge in [0, 0.05) is 30.3 Å². The number of Topliss-reactive ketones (excluding diaryl/α,β-unsaturated/α-hetero) is 1. The lowest BCUT2D eigenvalue weighted by Gasteiger charge is -2.08. The third-order valence-electron chi connectivity index (χ3n) is 3.18. The van der Waals surface area contributed by atoms with Crippen LogP contribution in [-0.4, -0.2) is 27.1 Å². The molecule has 0 spiro atoms. The molecular formula is C12H18N2OS. The number of rotatable bonds is 4. The molecule has 0 saturated carbocycles. The quantitative estimate of drug-likeness (QED) is 0.807. The molecule has 4 heteroatoms. The minimum Gasteiger partial charge on any atom is -0.298 e. The highest BCUT2D eigenvalue weighted by Gasteiger charge is 2.25. The minimum absolute atomic E-state index is 0.199. The first-order chi connectivity index (χ1) is 7.70.